The molecule has 11 nitrogen and oxygen atoms in total. The Bertz CT molecular complexity index is 2960. The number of allylic oxidation sites excluding steroid dienone is 3. The van der Waals surface area contributed by atoms with Crippen LogP contribution in [-0.2, 0) is 37.2 Å². The summed E-state index contributed by atoms with van der Waals surface area (Å²) in [5.74, 6) is -7.65. The number of hydrogen-bond acceptors (Lipinski definition) is 9. The smallest absolute Gasteiger partial charge is 0.417 e. The Labute approximate surface area is 372 Å². The van der Waals surface area contributed by atoms with Gasteiger partial charge in [-0.05, 0) is 90.9 Å². The molecule has 2 aliphatic carbocycles. The second-order valence-corrected chi connectivity index (χ2v) is 17.2. The number of halogens is 5. The number of rotatable bonds is 8. The van der Waals surface area contributed by atoms with Crippen molar-refractivity contribution in [3.05, 3.63) is 160 Å². The molecule has 3 fully saturated rings. The van der Waals surface area contributed by atoms with Gasteiger partial charge in [0.1, 0.15) is 11.3 Å². The molecule has 2 aromatic heterocycles. The first kappa shape index (κ1) is 41.3. The molecule has 322 valence electrons. The van der Waals surface area contributed by atoms with Crippen LogP contribution in [0.25, 0.3) is 22.6 Å². The summed E-state index contributed by atoms with van der Waals surface area (Å²) in [7, 11) is 0. The number of hydrazine groups is 1. The highest BCUT2D eigenvalue weighted by Gasteiger charge is 2.71. The summed E-state index contributed by atoms with van der Waals surface area (Å²) < 4.78 is 46.7. The number of aromatic nitrogens is 2. The van der Waals surface area contributed by atoms with E-state index in [-0.39, 0.29) is 36.4 Å². The predicted octanol–water partition coefficient (Wildman–Crippen LogP) is 9.84. The Hall–Kier alpha value is -6.77. The molecule has 4 aliphatic rings. The summed E-state index contributed by atoms with van der Waals surface area (Å²) in [5.41, 5.74) is 3.57. The maximum atomic E-state index is 15.5. The summed E-state index contributed by atoms with van der Waals surface area (Å²) in [6.07, 6.45) is -0.522. The van der Waals surface area contributed by atoms with E-state index in [1.165, 1.54) is 0 Å². The number of nitrogens with one attached hydrogen (secondary N) is 1. The van der Waals surface area contributed by atoms with Crippen molar-refractivity contribution in [2.75, 3.05) is 10.3 Å². The van der Waals surface area contributed by atoms with Gasteiger partial charge in [0, 0.05) is 28.3 Å². The first-order chi connectivity index (χ1) is 30.7. The third-order valence-corrected chi connectivity index (χ3v) is 13.6. The summed E-state index contributed by atoms with van der Waals surface area (Å²) in [4.78, 5) is 69.5. The fraction of sp³-hybridized carbons (Fsp3) is 0.208. The van der Waals surface area contributed by atoms with E-state index in [0.29, 0.717) is 67.2 Å². The van der Waals surface area contributed by atoms with Crippen molar-refractivity contribution < 1.29 is 41.9 Å². The Morgan fingerprint density at radius 3 is 2.38 bits per heavy atom. The van der Waals surface area contributed by atoms with E-state index in [0.717, 1.165) is 4.90 Å². The number of hydrogen-bond donors (Lipinski definition) is 2. The largest absolute Gasteiger partial charge is 0.507 e. The summed E-state index contributed by atoms with van der Waals surface area (Å²) in [5, 5.41) is 12.6. The van der Waals surface area contributed by atoms with Gasteiger partial charge in [0.05, 0.1) is 39.4 Å². The first-order valence-electron chi connectivity index (χ1n) is 20.3. The maximum Gasteiger partial charge on any atom is 0.417 e. The molecular formula is C48H34Cl2F3N5O6. The third kappa shape index (κ3) is 6.25. The molecule has 64 heavy (non-hydrogen) atoms. The van der Waals surface area contributed by atoms with Gasteiger partial charge in [-0.1, -0.05) is 83.4 Å². The second-order valence-electron chi connectivity index (χ2n) is 16.3. The number of amides is 4. The molecule has 6 unspecified atom stereocenters. The van der Waals surface area contributed by atoms with E-state index < -0.39 is 75.4 Å². The zero-order chi connectivity index (χ0) is 44.8. The minimum absolute atomic E-state index is 0.0975. The van der Waals surface area contributed by atoms with E-state index in [2.05, 4.69) is 22.0 Å². The zero-order valence-corrected chi connectivity index (χ0v) is 34.9. The first-order valence-corrected chi connectivity index (χ1v) is 21.1. The van der Waals surface area contributed by atoms with Gasteiger partial charge in [-0.15, -0.1) is 6.58 Å². The van der Waals surface area contributed by atoms with Crippen LogP contribution in [0.15, 0.2) is 132 Å². The van der Waals surface area contributed by atoms with Crippen molar-refractivity contribution in [3.63, 3.8) is 0 Å². The number of anilines is 2. The van der Waals surface area contributed by atoms with Crippen LogP contribution in [0.2, 0.25) is 10.0 Å². The van der Waals surface area contributed by atoms with Crippen LogP contribution in [0.4, 0.5) is 24.7 Å². The molecule has 0 radical (unpaired) electrons. The number of para-hydroxylation sites is 3. The number of fused-ring (bicyclic) bond motifs is 5. The zero-order valence-electron chi connectivity index (χ0n) is 33.4. The van der Waals surface area contributed by atoms with Crippen LogP contribution >= 0.6 is 23.2 Å². The highest BCUT2D eigenvalue weighted by atomic mass is 35.5. The van der Waals surface area contributed by atoms with Gasteiger partial charge in [0.2, 0.25) is 17.7 Å². The number of imide groups is 2. The average molecular weight is 905 g/mol. The number of pyridine rings is 1. The minimum Gasteiger partial charge on any atom is -0.507 e. The molecule has 4 aromatic carbocycles. The SMILES string of the molecule is C=CCc1cccc(C2C3=CCC4C(=O)N(c5ccc(-c6nc7ccccc7o6)cc5)C(=O)C4C3CC3C(=O)N(Nc4ncc(C(F)(F)F)cc4Cl)C(=O)C32c2ccc(Cl)cc2)c1O. The number of carbonyl (C=O) groups excluding carboxylic acids is 4. The molecule has 2 saturated heterocycles. The molecule has 4 amide bonds. The standard InChI is InChI=1S/C48H34Cl2F3N5O6/c1-2-6-24-7-5-8-32(40(24)59)39-30-19-20-31-38(45(62)57(43(31)60)29-17-11-25(12-18-29)42-55-36-9-3-4-10-37(36)64-42)33(30)22-34-44(61)58(46(63)47(34,39)26-13-15-28(49)16-14-26)56-41-35(50)21-27(23-54-41)48(51,52)53/h2-5,7-19,21,23,31,33-34,38-39,59H,1,6,20,22H2,(H,54,56). The van der Waals surface area contributed by atoms with E-state index in [9.17, 15) is 27.9 Å². The third-order valence-electron chi connectivity index (χ3n) is 13.0. The van der Waals surface area contributed by atoms with Gasteiger partial charge in [0.15, 0.2) is 11.4 Å². The predicted molar refractivity (Wildman–Crippen MR) is 231 cm³/mol. The Kier molecular flexibility index (Phi) is 9.80. The average Bonchev–Trinajstić information content (AvgIpc) is 3.89. The van der Waals surface area contributed by atoms with E-state index in [1.54, 1.807) is 78.9 Å². The summed E-state index contributed by atoms with van der Waals surface area (Å²) >= 11 is 12.7. The molecule has 16 heteroatoms. The van der Waals surface area contributed by atoms with Crippen molar-refractivity contribution in [2.45, 2.75) is 36.8 Å². The Morgan fingerprint density at radius 1 is 0.922 bits per heavy atom. The molecule has 2 aliphatic heterocycles. The lowest BCUT2D eigenvalue weighted by Gasteiger charge is -2.50. The Morgan fingerprint density at radius 2 is 1.67 bits per heavy atom. The lowest BCUT2D eigenvalue weighted by Crippen LogP contribution is -2.53. The molecule has 10 rings (SSSR count). The van der Waals surface area contributed by atoms with Crippen molar-refractivity contribution >= 4 is 69.4 Å². The number of benzene rings is 4. The van der Waals surface area contributed by atoms with Crippen LogP contribution in [0.1, 0.15) is 41.0 Å². The number of phenols is 1. The topological polar surface area (TPSA) is 146 Å². The normalized spacial score (nSPS) is 24.1. The van der Waals surface area contributed by atoms with Crippen LogP contribution in [-0.4, -0.2) is 43.7 Å². The quantitative estimate of drug-likeness (QED) is 0.113. The van der Waals surface area contributed by atoms with E-state index in [4.69, 9.17) is 27.6 Å². The number of alkyl halides is 3. The fourth-order valence-electron chi connectivity index (χ4n) is 10.3. The summed E-state index contributed by atoms with van der Waals surface area (Å²) in [6, 6.07) is 26.1. The van der Waals surface area contributed by atoms with Crippen LogP contribution in [0, 0.1) is 23.7 Å². The molecular weight excluding hydrogens is 870 g/mol. The van der Waals surface area contributed by atoms with Gasteiger partial charge in [-0.25, -0.2) is 9.97 Å². The minimum atomic E-state index is -4.77. The highest BCUT2D eigenvalue weighted by Crippen LogP contribution is 2.65. The molecule has 1 saturated carbocycles. The number of aromatic hydroxyl groups is 1. The summed E-state index contributed by atoms with van der Waals surface area (Å²) in [6.45, 7) is 3.83. The van der Waals surface area contributed by atoms with E-state index >= 15 is 9.59 Å². The van der Waals surface area contributed by atoms with Crippen molar-refractivity contribution in [3.8, 4) is 17.2 Å². The lowest BCUT2D eigenvalue weighted by molar-refractivity contribution is -0.139. The molecule has 4 heterocycles. The molecule has 2 N–H and O–H groups in total. The van der Waals surface area contributed by atoms with Gasteiger partial charge >= 0.3 is 6.18 Å². The number of carbonyl (C=O) groups is 4. The number of oxazole rings is 1. The molecule has 0 bridgehead atoms. The Balaban J connectivity index is 1.09. The van der Waals surface area contributed by atoms with Gasteiger partial charge < -0.3 is 9.52 Å². The second kappa shape index (κ2) is 15.2. The molecule has 6 atom stereocenters. The van der Waals surface area contributed by atoms with Crippen molar-refractivity contribution in [1.29, 1.82) is 0 Å². The van der Waals surface area contributed by atoms with Crippen LogP contribution in [0.5, 0.6) is 5.75 Å². The lowest BCUT2D eigenvalue weighted by atomic mass is 9.49. The molecule has 0 spiro atoms. The maximum absolute atomic E-state index is 15.5. The monoisotopic (exact) mass is 903 g/mol. The van der Waals surface area contributed by atoms with Gasteiger partial charge in [0.25, 0.3) is 11.8 Å². The highest BCUT2D eigenvalue weighted by molar-refractivity contribution is 6.33. The van der Waals surface area contributed by atoms with Crippen molar-refractivity contribution in [1.82, 2.24) is 15.0 Å². The fourth-order valence-corrected chi connectivity index (χ4v) is 10.6. The van der Waals surface area contributed by atoms with Crippen LogP contribution in [0.3, 0.4) is 0 Å². The van der Waals surface area contributed by atoms with Gasteiger partial charge in [-0.3, -0.25) is 29.5 Å². The van der Waals surface area contributed by atoms with Crippen molar-refractivity contribution in [2.24, 2.45) is 23.7 Å². The molecule has 6 aromatic rings. The number of phenolic OH excluding ortho intramolecular Hbond substituents is 1. The van der Waals surface area contributed by atoms with Crippen LogP contribution < -0.4 is 10.3 Å². The van der Waals surface area contributed by atoms with Gasteiger partial charge in [-0.2, -0.15) is 18.2 Å². The van der Waals surface area contributed by atoms with E-state index in [1.807, 2.05) is 24.3 Å². The number of nitrogens with zero attached hydrogens (tertiary/aromatic N) is 4.